The fourth-order valence-corrected chi connectivity index (χ4v) is 3.81. The van der Waals surface area contributed by atoms with Gasteiger partial charge < -0.3 is 5.11 Å². The van der Waals surface area contributed by atoms with Crippen LogP contribution >= 0.6 is 0 Å². The van der Waals surface area contributed by atoms with Gasteiger partial charge in [0.2, 0.25) is 10.0 Å². The van der Waals surface area contributed by atoms with E-state index in [1.807, 2.05) is 0 Å². The first kappa shape index (κ1) is 11.9. The van der Waals surface area contributed by atoms with Gasteiger partial charge in [0.05, 0.1) is 11.2 Å². The van der Waals surface area contributed by atoms with Crippen molar-refractivity contribution in [2.24, 2.45) is 5.92 Å². The second-order valence-electron chi connectivity index (χ2n) is 4.75. The van der Waals surface area contributed by atoms with Crippen LogP contribution in [0.25, 0.3) is 0 Å². The largest absolute Gasteiger partial charge is 0.481 e. The quantitative estimate of drug-likeness (QED) is 0.766. The number of rotatable bonds is 4. The van der Waals surface area contributed by atoms with Crippen LogP contribution in [0.1, 0.15) is 38.5 Å². The molecule has 2 rings (SSSR count). The molecule has 0 spiro atoms. The SMILES string of the molecule is O=C(O)C1CCC(NS(=O)(=O)C2CC2)CC1. The van der Waals surface area contributed by atoms with Gasteiger partial charge in [-0.1, -0.05) is 0 Å². The fraction of sp³-hybridized carbons (Fsp3) is 0.900. The molecule has 0 amide bonds. The topological polar surface area (TPSA) is 83.5 Å². The highest BCUT2D eigenvalue weighted by Gasteiger charge is 2.38. The molecule has 0 atom stereocenters. The van der Waals surface area contributed by atoms with Crippen molar-refractivity contribution in [2.45, 2.75) is 49.8 Å². The first-order valence-electron chi connectivity index (χ1n) is 5.73. The summed E-state index contributed by atoms with van der Waals surface area (Å²) in [4.78, 5) is 10.7. The Morgan fingerprint density at radius 2 is 1.62 bits per heavy atom. The monoisotopic (exact) mass is 247 g/mol. The van der Waals surface area contributed by atoms with Gasteiger partial charge in [0, 0.05) is 6.04 Å². The molecular weight excluding hydrogens is 230 g/mol. The van der Waals surface area contributed by atoms with Gasteiger partial charge >= 0.3 is 5.97 Å². The lowest BCUT2D eigenvalue weighted by Crippen LogP contribution is -2.40. The van der Waals surface area contributed by atoms with Crippen molar-refractivity contribution in [1.82, 2.24) is 4.72 Å². The lowest BCUT2D eigenvalue weighted by atomic mass is 9.87. The van der Waals surface area contributed by atoms with Gasteiger partial charge in [0.25, 0.3) is 0 Å². The molecule has 0 radical (unpaired) electrons. The summed E-state index contributed by atoms with van der Waals surface area (Å²) in [5.74, 6) is -1.05. The lowest BCUT2D eigenvalue weighted by molar-refractivity contribution is -0.142. The van der Waals surface area contributed by atoms with Gasteiger partial charge in [0.15, 0.2) is 0 Å². The highest BCUT2D eigenvalue weighted by atomic mass is 32.2. The van der Waals surface area contributed by atoms with Gasteiger partial charge in [-0.25, -0.2) is 13.1 Å². The molecule has 0 bridgehead atoms. The number of carboxylic acid groups (broad SMARTS) is 1. The second-order valence-corrected chi connectivity index (χ2v) is 6.74. The van der Waals surface area contributed by atoms with Crippen LogP contribution in [-0.4, -0.2) is 30.8 Å². The summed E-state index contributed by atoms with van der Waals surface area (Å²) >= 11 is 0. The van der Waals surface area contributed by atoms with Crippen molar-refractivity contribution < 1.29 is 18.3 Å². The molecular formula is C10H17NO4S. The van der Waals surface area contributed by atoms with Gasteiger partial charge in [0.1, 0.15) is 0 Å². The predicted octanol–water partition coefficient (Wildman–Crippen LogP) is 0.712. The molecule has 2 N–H and O–H groups in total. The molecule has 0 aromatic heterocycles. The molecule has 0 aromatic rings. The summed E-state index contributed by atoms with van der Waals surface area (Å²) in [5, 5.41) is 8.63. The zero-order chi connectivity index (χ0) is 11.8. The molecule has 0 unspecified atom stereocenters. The average molecular weight is 247 g/mol. The minimum atomic E-state index is -3.12. The number of sulfonamides is 1. The Balaban J connectivity index is 1.83. The lowest BCUT2D eigenvalue weighted by Gasteiger charge is -2.26. The fourth-order valence-electron chi connectivity index (χ4n) is 2.17. The van der Waals surface area contributed by atoms with Crippen LogP contribution < -0.4 is 4.72 Å². The van der Waals surface area contributed by atoms with E-state index in [1.54, 1.807) is 0 Å². The van der Waals surface area contributed by atoms with E-state index in [4.69, 9.17) is 5.11 Å². The van der Waals surface area contributed by atoms with E-state index in [1.165, 1.54) is 0 Å². The van der Waals surface area contributed by atoms with Crippen molar-refractivity contribution in [3.63, 3.8) is 0 Å². The minimum Gasteiger partial charge on any atom is -0.481 e. The zero-order valence-corrected chi connectivity index (χ0v) is 9.87. The van der Waals surface area contributed by atoms with Crippen LogP contribution in [0.15, 0.2) is 0 Å². The van der Waals surface area contributed by atoms with Gasteiger partial charge in [-0.3, -0.25) is 4.79 Å². The maximum atomic E-state index is 11.6. The molecule has 2 saturated carbocycles. The van der Waals surface area contributed by atoms with E-state index in [0.29, 0.717) is 25.7 Å². The van der Waals surface area contributed by atoms with E-state index >= 15 is 0 Å². The smallest absolute Gasteiger partial charge is 0.306 e. The van der Waals surface area contributed by atoms with E-state index < -0.39 is 16.0 Å². The van der Waals surface area contributed by atoms with Crippen LogP contribution in [0.2, 0.25) is 0 Å². The standard InChI is InChI=1S/C10H17NO4S/c12-10(13)7-1-3-8(4-2-7)11-16(14,15)9-5-6-9/h7-9,11H,1-6H2,(H,12,13). The number of carbonyl (C=O) groups is 1. The van der Waals surface area contributed by atoms with Gasteiger partial charge in [-0.05, 0) is 38.5 Å². The molecule has 16 heavy (non-hydrogen) atoms. The first-order valence-corrected chi connectivity index (χ1v) is 7.27. The summed E-state index contributed by atoms with van der Waals surface area (Å²) in [6, 6.07) is -0.0544. The second kappa shape index (κ2) is 4.33. The Morgan fingerprint density at radius 3 is 2.06 bits per heavy atom. The molecule has 0 heterocycles. The number of hydrogen-bond acceptors (Lipinski definition) is 3. The molecule has 2 fully saturated rings. The third-order valence-corrected chi connectivity index (χ3v) is 5.38. The van der Waals surface area contributed by atoms with Crippen molar-refractivity contribution in [3.05, 3.63) is 0 Å². The number of nitrogens with one attached hydrogen (secondary N) is 1. The van der Waals surface area contributed by atoms with Crippen molar-refractivity contribution in [2.75, 3.05) is 0 Å². The molecule has 6 heteroatoms. The van der Waals surface area contributed by atoms with E-state index in [0.717, 1.165) is 12.8 Å². The summed E-state index contributed by atoms with van der Waals surface area (Å²) in [5.41, 5.74) is 0. The minimum absolute atomic E-state index is 0.0544. The Hall–Kier alpha value is -0.620. The molecule has 2 aliphatic rings. The Morgan fingerprint density at radius 1 is 1.06 bits per heavy atom. The highest BCUT2D eigenvalue weighted by Crippen LogP contribution is 2.30. The van der Waals surface area contributed by atoms with Crippen molar-refractivity contribution in [1.29, 1.82) is 0 Å². The third kappa shape index (κ3) is 2.74. The molecule has 0 saturated heterocycles. The summed E-state index contributed by atoms with van der Waals surface area (Å²) in [6.07, 6.45) is 3.96. The van der Waals surface area contributed by atoms with Crippen LogP contribution in [0.4, 0.5) is 0 Å². The summed E-state index contributed by atoms with van der Waals surface area (Å²) in [7, 11) is -3.12. The normalized spacial score (nSPS) is 31.2. The van der Waals surface area contributed by atoms with E-state index in [-0.39, 0.29) is 17.2 Å². The number of aliphatic carboxylic acids is 1. The van der Waals surface area contributed by atoms with Gasteiger partial charge in [-0.15, -0.1) is 0 Å². The van der Waals surface area contributed by atoms with Crippen molar-refractivity contribution in [3.8, 4) is 0 Å². The van der Waals surface area contributed by atoms with Crippen molar-refractivity contribution >= 4 is 16.0 Å². The van der Waals surface area contributed by atoms with E-state index in [9.17, 15) is 13.2 Å². The van der Waals surface area contributed by atoms with Crippen LogP contribution in [-0.2, 0) is 14.8 Å². The molecule has 2 aliphatic carbocycles. The van der Waals surface area contributed by atoms with Crippen LogP contribution in [0.3, 0.4) is 0 Å². The summed E-state index contributed by atoms with van der Waals surface area (Å²) in [6.45, 7) is 0. The zero-order valence-electron chi connectivity index (χ0n) is 9.05. The molecule has 5 nitrogen and oxygen atoms in total. The van der Waals surface area contributed by atoms with E-state index in [2.05, 4.69) is 4.72 Å². The molecule has 0 aromatic carbocycles. The number of carboxylic acids is 1. The van der Waals surface area contributed by atoms with Crippen LogP contribution in [0, 0.1) is 5.92 Å². The molecule has 0 aliphatic heterocycles. The van der Waals surface area contributed by atoms with Crippen LogP contribution in [0.5, 0.6) is 0 Å². The highest BCUT2D eigenvalue weighted by molar-refractivity contribution is 7.90. The molecule has 92 valence electrons. The Labute approximate surface area is 95.3 Å². The summed E-state index contributed by atoms with van der Waals surface area (Å²) < 4.78 is 26.0. The Kier molecular flexibility index (Phi) is 3.21. The van der Waals surface area contributed by atoms with Gasteiger partial charge in [-0.2, -0.15) is 0 Å². The predicted molar refractivity (Wildman–Crippen MR) is 58.5 cm³/mol. The number of hydrogen-bond donors (Lipinski definition) is 2. The maximum Gasteiger partial charge on any atom is 0.306 e. The maximum absolute atomic E-state index is 11.6. The third-order valence-electron chi connectivity index (χ3n) is 3.37. The average Bonchev–Trinajstić information content (AvgIpc) is 3.01. The first-order chi connectivity index (χ1) is 7.49. The Bertz CT molecular complexity index is 366.